The fourth-order valence-corrected chi connectivity index (χ4v) is 8.43. The van der Waals surface area contributed by atoms with Gasteiger partial charge in [0, 0.05) is 13.7 Å². The zero-order valence-corrected chi connectivity index (χ0v) is 8.71. The summed E-state index contributed by atoms with van der Waals surface area (Å²) in [6.07, 6.45) is 11.8. The van der Waals surface area contributed by atoms with Crippen LogP contribution in [0.2, 0.25) is 0 Å². The first-order valence-corrected chi connectivity index (χ1v) is 7.68. The molecule has 64 valence electrons. The first kappa shape index (κ1) is 8.32. The van der Waals surface area contributed by atoms with Crippen LogP contribution in [-0.2, 0) is 0 Å². The molecule has 1 atom stereocenters. The Morgan fingerprint density at radius 2 is 1.55 bits per heavy atom. The summed E-state index contributed by atoms with van der Waals surface area (Å²) in [5, 5.41) is 0.628. The lowest BCUT2D eigenvalue weighted by atomic mass is 10.3. The van der Waals surface area contributed by atoms with Crippen LogP contribution in [0, 0.1) is 0 Å². The molecule has 2 heterocycles. The molecular formula is C9H17ClP+. The van der Waals surface area contributed by atoms with Gasteiger partial charge >= 0.3 is 0 Å². The van der Waals surface area contributed by atoms with Crippen molar-refractivity contribution in [3.05, 3.63) is 0 Å². The molecule has 0 aliphatic carbocycles. The summed E-state index contributed by atoms with van der Waals surface area (Å²) in [5.74, 6) is 0. The van der Waals surface area contributed by atoms with Crippen molar-refractivity contribution in [3.8, 4) is 0 Å². The van der Waals surface area contributed by atoms with Crippen LogP contribution in [0.15, 0.2) is 0 Å². The Morgan fingerprint density at radius 3 is 2.09 bits per heavy atom. The summed E-state index contributed by atoms with van der Waals surface area (Å²) < 4.78 is 0. The van der Waals surface area contributed by atoms with E-state index < -0.39 is 7.26 Å². The molecule has 0 aromatic heterocycles. The molecular weight excluding hydrogens is 175 g/mol. The maximum absolute atomic E-state index is 6.40. The van der Waals surface area contributed by atoms with Crippen LogP contribution in [0.3, 0.4) is 0 Å². The third kappa shape index (κ3) is 1.45. The first-order valence-electron chi connectivity index (χ1n) is 4.83. The number of hydrogen-bond acceptors (Lipinski definition) is 0. The third-order valence-electron chi connectivity index (χ3n) is 3.35. The zero-order chi connectivity index (χ0) is 7.73. The molecule has 0 amide bonds. The molecule has 0 nitrogen and oxygen atoms in total. The largest absolute Gasteiger partial charge is 0.142 e. The molecule has 2 fully saturated rings. The number of halogens is 1. The van der Waals surface area contributed by atoms with Crippen LogP contribution in [0.4, 0.5) is 0 Å². The highest BCUT2D eigenvalue weighted by Crippen LogP contribution is 2.71. The monoisotopic (exact) mass is 191 g/mol. The minimum atomic E-state index is -0.567. The van der Waals surface area contributed by atoms with Gasteiger partial charge in [-0.1, -0.05) is 11.6 Å². The molecule has 0 bridgehead atoms. The average Bonchev–Trinajstić information content (AvgIpc) is 2.36. The number of rotatable bonds is 0. The van der Waals surface area contributed by atoms with Crippen molar-refractivity contribution < 1.29 is 0 Å². The smallest absolute Gasteiger partial charge is 0.0787 e. The van der Waals surface area contributed by atoms with Gasteiger partial charge in [0.2, 0.25) is 0 Å². The van der Waals surface area contributed by atoms with Gasteiger partial charge in [0.1, 0.15) is 5.12 Å². The topological polar surface area (TPSA) is 0 Å². The molecule has 2 saturated heterocycles. The van der Waals surface area contributed by atoms with Crippen LogP contribution < -0.4 is 0 Å². The van der Waals surface area contributed by atoms with E-state index >= 15 is 0 Å². The lowest BCUT2D eigenvalue weighted by molar-refractivity contribution is 0.743. The van der Waals surface area contributed by atoms with E-state index in [1.54, 1.807) is 0 Å². The van der Waals surface area contributed by atoms with Crippen LogP contribution in [0.25, 0.3) is 0 Å². The molecule has 2 aliphatic heterocycles. The van der Waals surface area contributed by atoms with Crippen LogP contribution in [-0.4, -0.2) is 23.6 Å². The summed E-state index contributed by atoms with van der Waals surface area (Å²) in [7, 11) is -0.567. The SMILES string of the molecule is ClC1CCC[P+]12CCCCC2. The lowest BCUT2D eigenvalue weighted by Crippen LogP contribution is -2.15. The fraction of sp³-hybridized carbons (Fsp3) is 1.00. The van der Waals surface area contributed by atoms with Crippen molar-refractivity contribution in [2.75, 3.05) is 18.5 Å². The predicted molar refractivity (Wildman–Crippen MR) is 54.2 cm³/mol. The second-order valence-corrected chi connectivity index (χ2v) is 9.26. The van der Waals surface area contributed by atoms with Crippen molar-refractivity contribution in [2.24, 2.45) is 0 Å². The standard InChI is InChI=1S/C9H17ClP/c10-9-5-4-8-11(9)6-2-1-3-7-11/h9H,1-8H2/q+1. The molecule has 2 rings (SSSR count). The minimum Gasteiger partial charge on any atom is -0.0787 e. The van der Waals surface area contributed by atoms with Gasteiger partial charge in [-0.2, -0.15) is 0 Å². The summed E-state index contributed by atoms with van der Waals surface area (Å²) in [6, 6.07) is 0. The quantitative estimate of drug-likeness (QED) is 0.406. The van der Waals surface area contributed by atoms with Crippen molar-refractivity contribution in [1.82, 2.24) is 0 Å². The Bertz CT molecular complexity index is 140. The van der Waals surface area contributed by atoms with Gasteiger partial charge in [-0.05, 0) is 25.7 Å². The molecule has 0 N–H and O–H groups in total. The fourth-order valence-electron chi connectivity index (χ4n) is 2.63. The van der Waals surface area contributed by atoms with Gasteiger partial charge in [0.05, 0.1) is 18.5 Å². The number of alkyl halides is 1. The molecule has 0 aromatic carbocycles. The van der Waals surface area contributed by atoms with E-state index in [-0.39, 0.29) is 0 Å². The first-order chi connectivity index (χ1) is 5.33. The molecule has 2 aliphatic rings. The van der Waals surface area contributed by atoms with E-state index in [0.717, 1.165) is 0 Å². The minimum absolute atomic E-state index is 0.567. The molecule has 1 unspecified atom stereocenters. The Labute approximate surface area is 75.0 Å². The van der Waals surface area contributed by atoms with E-state index in [2.05, 4.69) is 0 Å². The Kier molecular flexibility index (Phi) is 2.44. The van der Waals surface area contributed by atoms with Crippen LogP contribution in [0.1, 0.15) is 32.1 Å². The highest BCUT2D eigenvalue weighted by atomic mass is 35.5. The van der Waals surface area contributed by atoms with E-state index in [0.29, 0.717) is 5.12 Å². The van der Waals surface area contributed by atoms with Crippen molar-refractivity contribution in [3.63, 3.8) is 0 Å². The zero-order valence-electron chi connectivity index (χ0n) is 7.06. The normalized spacial score (nSPS) is 36.3. The maximum atomic E-state index is 6.40. The van der Waals surface area contributed by atoms with Gasteiger partial charge < -0.3 is 0 Å². The van der Waals surface area contributed by atoms with Crippen molar-refractivity contribution >= 4 is 18.9 Å². The molecule has 0 radical (unpaired) electrons. The Morgan fingerprint density at radius 1 is 0.909 bits per heavy atom. The third-order valence-corrected chi connectivity index (χ3v) is 9.87. The molecule has 2 heteroatoms. The summed E-state index contributed by atoms with van der Waals surface area (Å²) in [6.45, 7) is 0. The van der Waals surface area contributed by atoms with Gasteiger partial charge in [-0.15, -0.1) is 0 Å². The highest BCUT2D eigenvalue weighted by molar-refractivity contribution is 7.78. The second kappa shape index (κ2) is 3.23. The highest BCUT2D eigenvalue weighted by Gasteiger charge is 2.48. The second-order valence-electron chi connectivity index (χ2n) is 4.03. The lowest BCUT2D eigenvalue weighted by Gasteiger charge is -2.29. The van der Waals surface area contributed by atoms with E-state index in [9.17, 15) is 0 Å². The summed E-state index contributed by atoms with van der Waals surface area (Å²) in [4.78, 5) is 0. The van der Waals surface area contributed by atoms with E-state index in [1.807, 2.05) is 0 Å². The molecule has 0 aromatic rings. The van der Waals surface area contributed by atoms with Crippen LogP contribution in [0.5, 0.6) is 0 Å². The van der Waals surface area contributed by atoms with Gasteiger partial charge in [0.25, 0.3) is 0 Å². The van der Waals surface area contributed by atoms with Crippen LogP contribution >= 0.6 is 18.9 Å². The maximum Gasteiger partial charge on any atom is 0.142 e. The summed E-state index contributed by atoms with van der Waals surface area (Å²) >= 11 is 6.40. The van der Waals surface area contributed by atoms with Crippen molar-refractivity contribution in [2.45, 2.75) is 37.2 Å². The molecule has 0 saturated carbocycles. The van der Waals surface area contributed by atoms with E-state index in [1.165, 1.54) is 50.6 Å². The van der Waals surface area contributed by atoms with Gasteiger partial charge in [-0.3, -0.25) is 0 Å². The Hall–Kier alpha value is 0.720. The average molecular weight is 192 g/mol. The van der Waals surface area contributed by atoms with Gasteiger partial charge in [-0.25, -0.2) is 0 Å². The van der Waals surface area contributed by atoms with Crippen molar-refractivity contribution in [1.29, 1.82) is 0 Å². The molecule has 11 heavy (non-hydrogen) atoms. The van der Waals surface area contributed by atoms with Gasteiger partial charge in [0.15, 0.2) is 0 Å². The summed E-state index contributed by atoms with van der Waals surface area (Å²) in [5.41, 5.74) is 0. The number of hydrogen-bond donors (Lipinski definition) is 0. The predicted octanol–water partition coefficient (Wildman–Crippen LogP) is 3.55. The van der Waals surface area contributed by atoms with E-state index in [4.69, 9.17) is 11.6 Å². The Balaban J connectivity index is 2.06. The molecule has 1 spiro atoms.